The molecule has 0 fully saturated rings. The van der Waals surface area contributed by atoms with Crippen LogP contribution in [0, 0.1) is 12.7 Å². The minimum Gasteiger partial charge on any atom is -0.452 e. The lowest BCUT2D eigenvalue weighted by atomic mass is 10.1. The Morgan fingerprint density at radius 3 is 2.56 bits per heavy atom. The Morgan fingerprint density at radius 1 is 1.00 bits per heavy atom. The molecule has 0 aliphatic heterocycles. The van der Waals surface area contributed by atoms with E-state index in [9.17, 15) is 14.0 Å². The van der Waals surface area contributed by atoms with Crippen LogP contribution >= 0.6 is 0 Å². The summed E-state index contributed by atoms with van der Waals surface area (Å²) in [5, 5.41) is 4.46. The van der Waals surface area contributed by atoms with Crippen LogP contribution in [-0.4, -0.2) is 18.5 Å². The Hall–Kier alpha value is -3.21. The summed E-state index contributed by atoms with van der Waals surface area (Å²) in [6.07, 6.45) is 0. The number of halogens is 1. The summed E-state index contributed by atoms with van der Waals surface area (Å²) < 4.78 is 18.3. The van der Waals surface area contributed by atoms with Gasteiger partial charge in [0.1, 0.15) is 5.82 Å². The number of ether oxygens (including phenoxy) is 1. The maximum atomic E-state index is 13.2. The van der Waals surface area contributed by atoms with Gasteiger partial charge in [0.25, 0.3) is 5.91 Å². The molecule has 0 bridgehead atoms. The topological polar surface area (TPSA) is 55.4 Å². The zero-order valence-electron chi connectivity index (χ0n) is 13.6. The van der Waals surface area contributed by atoms with Crippen LogP contribution in [0.3, 0.4) is 0 Å². The molecule has 3 aromatic rings. The number of amides is 1. The second-order valence-corrected chi connectivity index (χ2v) is 5.65. The number of hydrogen-bond donors (Lipinski definition) is 1. The summed E-state index contributed by atoms with van der Waals surface area (Å²) in [5.74, 6) is -1.56. The van der Waals surface area contributed by atoms with Crippen molar-refractivity contribution in [2.24, 2.45) is 0 Å². The molecule has 3 aromatic carbocycles. The lowest BCUT2D eigenvalue weighted by molar-refractivity contribution is -0.119. The Labute approximate surface area is 144 Å². The van der Waals surface area contributed by atoms with Gasteiger partial charge < -0.3 is 10.1 Å². The predicted octanol–water partition coefficient (Wildman–Crippen LogP) is 4.08. The molecule has 0 aliphatic carbocycles. The fourth-order valence-electron chi connectivity index (χ4n) is 2.45. The van der Waals surface area contributed by atoms with Gasteiger partial charge in [-0.05, 0) is 47.5 Å². The fourth-order valence-corrected chi connectivity index (χ4v) is 2.45. The SMILES string of the molecule is Cc1ccc(F)cc1NC(=O)COC(=O)c1ccc2ccccc2c1. The van der Waals surface area contributed by atoms with E-state index in [-0.39, 0.29) is 0 Å². The van der Waals surface area contributed by atoms with Gasteiger partial charge in [-0.2, -0.15) is 0 Å². The number of carbonyl (C=O) groups excluding carboxylic acids is 2. The largest absolute Gasteiger partial charge is 0.452 e. The highest BCUT2D eigenvalue weighted by Gasteiger charge is 2.12. The van der Waals surface area contributed by atoms with E-state index in [0.29, 0.717) is 11.3 Å². The molecule has 4 nitrogen and oxygen atoms in total. The quantitative estimate of drug-likeness (QED) is 0.730. The van der Waals surface area contributed by atoms with E-state index >= 15 is 0 Å². The van der Waals surface area contributed by atoms with Crippen molar-refractivity contribution < 1.29 is 18.7 Å². The van der Waals surface area contributed by atoms with Crippen molar-refractivity contribution in [3.05, 3.63) is 77.6 Å². The Morgan fingerprint density at radius 2 is 1.76 bits per heavy atom. The van der Waals surface area contributed by atoms with Crippen LogP contribution in [0.15, 0.2) is 60.7 Å². The first-order chi connectivity index (χ1) is 12.0. The van der Waals surface area contributed by atoms with Gasteiger partial charge in [-0.15, -0.1) is 0 Å². The van der Waals surface area contributed by atoms with Gasteiger partial charge in [-0.3, -0.25) is 4.79 Å². The second kappa shape index (κ2) is 7.13. The van der Waals surface area contributed by atoms with E-state index in [1.807, 2.05) is 30.3 Å². The third-order valence-electron chi connectivity index (χ3n) is 3.79. The molecule has 0 aromatic heterocycles. The predicted molar refractivity (Wildman–Crippen MR) is 94.0 cm³/mol. The number of anilines is 1. The normalized spacial score (nSPS) is 10.5. The van der Waals surface area contributed by atoms with Gasteiger partial charge in [0.2, 0.25) is 0 Å². The molecule has 1 N–H and O–H groups in total. The summed E-state index contributed by atoms with van der Waals surface area (Å²) in [4.78, 5) is 24.0. The van der Waals surface area contributed by atoms with E-state index in [0.717, 1.165) is 16.3 Å². The van der Waals surface area contributed by atoms with Crippen molar-refractivity contribution in [2.45, 2.75) is 6.92 Å². The molecule has 1 amide bonds. The molecule has 0 radical (unpaired) electrons. The van der Waals surface area contributed by atoms with E-state index < -0.39 is 24.3 Å². The van der Waals surface area contributed by atoms with Crippen molar-refractivity contribution in [1.82, 2.24) is 0 Å². The fraction of sp³-hybridized carbons (Fsp3) is 0.100. The molecule has 0 saturated carbocycles. The molecule has 0 unspecified atom stereocenters. The minimum atomic E-state index is -0.586. The van der Waals surface area contributed by atoms with Crippen molar-refractivity contribution >= 4 is 28.3 Å². The number of carbonyl (C=O) groups is 2. The van der Waals surface area contributed by atoms with E-state index in [1.54, 1.807) is 25.1 Å². The standard InChI is InChI=1S/C20H16FNO3/c1-13-6-9-17(21)11-18(13)22-19(23)12-25-20(24)16-8-7-14-4-2-3-5-15(14)10-16/h2-11H,12H2,1H3,(H,22,23). The van der Waals surface area contributed by atoms with Gasteiger partial charge in [0.15, 0.2) is 6.61 Å². The van der Waals surface area contributed by atoms with Crippen LogP contribution < -0.4 is 5.32 Å². The number of nitrogens with one attached hydrogen (secondary N) is 1. The van der Waals surface area contributed by atoms with Crippen LogP contribution in [0.5, 0.6) is 0 Å². The summed E-state index contributed by atoms with van der Waals surface area (Å²) in [7, 11) is 0. The highest BCUT2D eigenvalue weighted by Crippen LogP contribution is 2.17. The molecule has 0 atom stereocenters. The number of esters is 1. The third-order valence-corrected chi connectivity index (χ3v) is 3.79. The molecule has 0 aliphatic rings. The summed E-state index contributed by atoms with van der Waals surface area (Å²) >= 11 is 0. The van der Waals surface area contributed by atoms with E-state index in [2.05, 4.69) is 5.32 Å². The summed E-state index contributed by atoms with van der Waals surface area (Å²) in [6, 6.07) is 16.9. The summed E-state index contributed by atoms with van der Waals surface area (Å²) in [6.45, 7) is 1.30. The smallest absolute Gasteiger partial charge is 0.338 e. The van der Waals surface area contributed by atoms with Gasteiger partial charge in [-0.1, -0.05) is 36.4 Å². The first-order valence-electron chi connectivity index (χ1n) is 7.75. The third kappa shape index (κ3) is 4.01. The highest BCUT2D eigenvalue weighted by atomic mass is 19.1. The lowest BCUT2D eigenvalue weighted by Gasteiger charge is -2.09. The van der Waals surface area contributed by atoms with Crippen LogP contribution in [0.2, 0.25) is 0 Å². The monoisotopic (exact) mass is 337 g/mol. The van der Waals surface area contributed by atoms with Crippen LogP contribution in [0.25, 0.3) is 10.8 Å². The van der Waals surface area contributed by atoms with Crippen molar-refractivity contribution in [3.63, 3.8) is 0 Å². The highest BCUT2D eigenvalue weighted by molar-refractivity contribution is 5.98. The minimum absolute atomic E-state index is 0.353. The molecule has 5 heteroatoms. The van der Waals surface area contributed by atoms with E-state index in [1.165, 1.54) is 12.1 Å². The average Bonchev–Trinajstić information content (AvgIpc) is 2.62. The first-order valence-corrected chi connectivity index (χ1v) is 7.75. The molecule has 25 heavy (non-hydrogen) atoms. The number of benzene rings is 3. The Kier molecular flexibility index (Phi) is 4.75. The van der Waals surface area contributed by atoms with Gasteiger partial charge in [0, 0.05) is 5.69 Å². The number of aryl methyl sites for hydroxylation is 1. The Balaban J connectivity index is 1.62. The first kappa shape index (κ1) is 16.6. The zero-order valence-corrected chi connectivity index (χ0v) is 13.6. The van der Waals surface area contributed by atoms with Gasteiger partial charge >= 0.3 is 5.97 Å². The molecule has 0 spiro atoms. The average molecular weight is 337 g/mol. The molecule has 126 valence electrons. The maximum absolute atomic E-state index is 13.2. The molecular formula is C20H16FNO3. The number of fused-ring (bicyclic) bond motifs is 1. The Bertz CT molecular complexity index is 953. The lowest BCUT2D eigenvalue weighted by Crippen LogP contribution is -2.21. The molecule has 0 heterocycles. The second-order valence-electron chi connectivity index (χ2n) is 5.65. The van der Waals surface area contributed by atoms with Gasteiger partial charge in [-0.25, -0.2) is 9.18 Å². The number of hydrogen-bond acceptors (Lipinski definition) is 3. The van der Waals surface area contributed by atoms with Gasteiger partial charge in [0.05, 0.1) is 5.56 Å². The number of rotatable bonds is 4. The van der Waals surface area contributed by atoms with Crippen LogP contribution in [-0.2, 0) is 9.53 Å². The van der Waals surface area contributed by atoms with Crippen molar-refractivity contribution in [1.29, 1.82) is 0 Å². The molecule has 3 rings (SSSR count). The van der Waals surface area contributed by atoms with E-state index in [4.69, 9.17) is 4.74 Å². The van der Waals surface area contributed by atoms with Crippen molar-refractivity contribution in [3.8, 4) is 0 Å². The maximum Gasteiger partial charge on any atom is 0.338 e. The van der Waals surface area contributed by atoms with Crippen LogP contribution in [0.4, 0.5) is 10.1 Å². The molecular weight excluding hydrogens is 321 g/mol. The molecule has 0 saturated heterocycles. The summed E-state index contributed by atoms with van der Waals surface area (Å²) in [5.41, 5.74) is 1.44. The van der Waals surface area contributed by atoms with Crippen molar-refractivity contribution in [2.75, 3.05) is 11.9 Å². The van der Waals surface area contributed by atoms with Crippen LogP contribution in [0.1, 0.15) is 15.9 Å². The zero-order chi connectivity index (χ0) is 17.8.